The zero-order chi connectivity index (χ0) is 20.6. The molecule has 0 spiro atoms. The molecule has 1 aliphatic carbocycles. The number of rotatable bonds is 9. The van der Waals surface area contributed by atoms with Gasteiger partial charge in [0.15, 0.2) is 5.16 Å². The summed E-state index contributed by atoms with van der Waals surface area (Å²) in [5.41, 5.74) is 2.04. The molecule has 0 fully saturated rings. The fourth-order valence-corrected chi connectivity index (χ4v) is 4.42. The zero-order valence-corrected chi connectivity index (χ0v) is 18.0. The average molecular weight is 416 g/mol. The molecule has 0 saturated carbocycles. The first-order valence-corrected chi connectivity index (χ1v) is 11.2. The maximum absolute atomic E-state index is 13.1. The molecule has 1 atom stereocenters. The SMILES string of the molecule is COCC(C)NC(=O)CSc1nc2ccccc2c(=O)n1CCC1=CCCCC1. The van der Waals surface area contributed by atoms with Gasteiger partial charge in [0.05, 0.1) is 23.3 Å². The highest BCUT2D eigenvalue weighted by molar-refractivity contribution is 7.99. The fourth-order valence-electron chi connectivity index (χ4n) is 3.58. The van der Waals surface area contributed by atoms with Crippen LogP contribution in [0.4, 0.5) is 0 Å². The van der Waals surface area contributed by atoms with Crippen molar-refractivity contribution < 1.29 is 9.53 Å². The van der Waals surface area contributed by atoms with Crippen LogP contribution in [0.3, 0.4) is 0 Å². The molecule has 2 aromatic rings. The van der Waals surface area contributed by atoms with Crippen LogP contribution in [0.5, 0.6) is 0 Å². The van der Waals surface area contributed by atoms with Crippen LogP contribution in [-0.2, 0) is 16.1 Å². The van der Waals surface area contributed by atoms with Crippen LogP contribution < -0.4 is 10.9 Å². The predicted octanol–water partition coefficient (Wildman–Crippen LogP) is 3.53. The molecule has 1 unspecified atom stereocenters. The molecule has 1 heterocycles. The van der Waals surface area contributed by atoms with Gasteiger partial charge in [-0.1, -0.05) is 35.5 Å². The summed E-state index contributed by atoms with van der Waals surface area (Å²) in [6, 6.07) is 7.33. The number of fused-ring (bicyclic) bond motifs is 1. The van der Waals surface area contributed by atoms with Gasteiger partial charge in [0.2, 0.25) is 5.91 Å². The number of allylic oxidation sites excluding steroid dienone is 2. The molecule has 0 aliphatic heterocycles. The molecule has 1 amide bonds. The van der Waals surface area contributed by atoms with Crippen molar-refractivity contribution in [2.75, 3.05) is 19.5 Å². The van der Waals surface area contributed by atoms with Gasteiger partial charge in [-0.15, -0.1) is 0 Å². The summed E-state index contributed by atoms with van der Waals surface area (Å²) in [5.74, 6) is 0.116. The van der Waals surface area contributed by atoms with Crippen LogP contribution in [0.1, 0.15) is 39.0 Å². The maximum Gasteiger partial charge on any atom is 0.262 e. The third-order valence-corrected chi connectivity index (χ3v) is 6.00. The Morgan fingerprint density at radius 3 is 2.93 bits per heavy atom. The molecule has 29 heavy (non-hydrogen) atoms. The van der Waals surface area contributed by atoms with Crippen molar-refractivity contribution in [3.05, 3.63) is 46.3 Å². The molecule has 0 saturated heterocycles. The number of carbonyl (C=O) groups excluding carboxylic acids is 1. The number of ether oxygens (including phenoxy) is 1. The van der Waals surface area contributed by atoms with Crippen molar-refractivity contribution in [2.24, 2.45) is 0 Å². The van der Waals surface area contributed by atoms with Crippen molar-refractivity contribution in [1.29, 1.82) is 0 Å². The summed E-state index contributed by atoms with van der Waals surface area (Å²) in [5, 5.41) is 4.11. The summed E-state index contributed by atoms with van der Waals surface area (Å²) >= 11 is 1.31. The third-order valence-electron chi connectivity index (χ3n) is 5.02. The lowest BCUT2D eigenvalue weighted by atomic mass is 9.97. The van der Waals surface area contributed by atoms with E-state index in [4.69, 9.17) is 4.74 Å². The zero-order valence-electron chi connectivity index (χ0n) is 17.1. The lowest BCUT2D eigenvalue weighted by Crippen LogP contribution is -2.36. The molecule has 3 rings (SSSR count). The van der Waals surface area contributed by atoms with Crippen molar-refractivity contribution in [3.8, 4) is 0 Å². The summed E-state index contributed by atoms with van der Waals surface area (Å²) in [4.78, 5) is 30.0. The Morgan fingerprint density at radius 2 is 2.17 bits per heavy atom. The molecule has 7 heteroatoms. The highest BCUT2D eigenvalue weighted by Gasteiger charge is 2.15. The highest BCUT2D eigenvalue weighted by atomic mass is 32.2. The number of benzene rings is 1. The number of hydrogen-bond acceptors (Lipinski definition) is 5. The van der Waals surface area contributed by atoms with E-state index in [1.54, 1.807) is 11.7 Å². The number of carbonyl (C=O) groups is 1. The smallest absolute Gasteiger partial charge is 0.262 e. The normalized spacial score (nSPS) is 15.2. The van der Waals surface area contributed by atoms with Crippen LogP contribution in [0.2, 0.25) is 0 Å². The van der Waals surface area contributed by atoms with Crippen LogP contribution in [-0.4, -0.2) is 41.0 Å². The second-order valence-electron chi connectivity index (χ2n) is 7.44. The molecule has 1 aromatic carbocycles. The standard InChI is InChI=1S/C22H29N3O3S/c1-16(14-28-2)23-20(26)15-29-22-24-19-11-7-6-10-18(19)21(27)25(22)13-12-17-8-4-3-5-9-17/h6-8,10-11,16H,3-5,9,12-15H2,1-2H3,(H,23,26). The maximum atomic E-state index is 13.1. The summed E-state index contributed by atoms with van der Waals surface area (Å²) in [7, 11) is 1.61. The molecule has 1 N–H and O–H groups in total. The Kier molecular flexibility index (Phi) is 7.89. The first-order valence-electron chi connectivity index (χ1n) is 10.2. The molecule has 0 radical (unpaired) electrons. The van der Waals surface area contributed by atoms with Gasteiger partial charge in [-0.3, -0.25) is 14.2 Å². The molecular weight excluding hydrogens is 386 g/mol. The monoisotopic (exact) mass is 415 g/mol. The number of nitrogens with one attached hydrogen (secondary N) is 1. The number of thioether (sulfide) groups is 1. The number of nitrogens with zero attached hydrogens (tertiary/aromatic N) is 2. The van der Waals surface area contributed by atoms with E-state index in [2.05, 4.69) is 16.4 Å². The van der Waals surface area contributed by atoms with Crippen molar-refractivity contribution >= 4 is 28.6 Å². The number of hydrogen-bond donors (Lipinski definition) is 1. The predicted molar refractivity (Wildman–Crippen MR) is 117 cm³/mol. The van der Waals surface area contributed by atoms with Crippen molar-refractivity contribution in [1.82, 2.24) is 14.9 Å². The van der Waals surface area contributed by atoms with Gasteiger partial charge >= 0.3 is 0 Å². The molecular formula is C22H29N3O3S. The minimum Gasteiger partial charge on any atom is -0.383 e. The Morgan fingerprint density at radius 1 is 1.34 bits per heavy atom. The van der Waals surface area contributed by atoms with Crippen LogP contribution in [0, 0.1) is 0 Å². The van der Waals surface area contributed by atoms with E-state index >= 15 is 0 Å². The first-order chi connectivity index (χ1) is 14.1. The second kappa shape index (κ2) is 10.6. The molecule has 1 aromatic heterocycles. The first kappa shape index (κ1) is 21.6. The largest absolute Gasteiger partial charge is 0.383 e. The van der Waals surface area contributed by atoms with Crippen LogP contribution in [0.15, 0.2) is 45.9 Å². The van der Waals surface area contributed by atoms with Gasteiger partial charge in [-0.25, -0.2) is 4.98 Å². The van der Waals surface area contributed by atoms with E-state index in [0.717, 1.165) is 19.3 Å². The number of amides is 1. The van der Waals surface area contributed by atoms with E-state index in [0.29, 0.717) is 29.2 Å². The average Bonchev–Trinajstić information content (AvgIpc) is 2.72. The van der Waals surface area contributed by atoms with E-state index in [1.165, 1.54) is 30.2 Å². The summed E-state index contributed by atoms with van der Waals surface area (Å²) in [6.45, 7) is 2.95. The fraction of sp³-hybridized carbons (Fsp3) is 0.500. The highest BCUT2D eigenvalue weighted by Crippen LogP contribution is 2.23. The summed E-state index contributed by atoms with van der Waals surface area (Å²) in [6.07, 6.45) is 7.86. The van der Waals surface area contributed by atoms with Gasteiger partial charge in [-0.05, 0) is 51.2 Å². The quantitative estimate of drug-likeness (QED) is 0.385. The summed E-state index contributed by atoms with van der Waals surface area (Å²) < 4.78 is 6.79. The molecule has 1 aliphatic rings. The van der Waals surface area contributed by atoms with Gasteiger partial charge in [0.25, 0.3) is 5.56 Å². The third kappa shape index (κ3) is 5.93. The minimum absolute atomic E-state index is 0.0392. The van der Waals surface area contributed by atoms with Gasteiger partial charge in [-0.2, -0.15) is 0 Å². The van der Waals surface area contributed by atoms with Crippen molar-refractivity contribution in [3.63, 3.8) is 0 Å². The Labute approximate surface area is 175 Å². The van der Waals surface area contributed by atoms with Gasteiger partial charge < -0.3 is 10.1 Å². The Hall–Kier alpha value is -2.12. The Balaban J connectivity index is 1.79. The lowest BCUT2D eigenvalue weighted by Gasteiger charge is -2.17. The minimum atomic E-state index is -0.0940. The lowest BCUT2D eigenvalue weighted by molar-refractivity contribution is -0.119. The van der Waals surface area contributed by atoms with Crippen molar-refractivity contribution in [2.45, 2.75) is 56.8 Å². The number of aromatic nitrogens is 2. The molecule has 6 nitrogen and oxygen atoms in total. The van der Waals surface area contributed by atoms with E-state index < -0.39 is 0 Å². The van der Waals surface area contributed by atoms with E-state index in [1.807, 2.05) is 31.2 Å². The topological polar surface area (TPSA) is 73.2 Å². The molecule has 156 valence electrons. The van der Waals surface area contributed by atoms with E-state index in [9.17, 15) is 9.59 Å². The van der Waals surface area contributed by atoms with Gasteiger partial charge in [0.1, 0.15) is 0 Å². The Bertz CT molecular complexity index is 939. The van der Waals surface area contributed by atoms with Crippen LogP contribution in [0.25, 0.3) is 10.9 Å². The van der Waals surface area contributed by atoms with Crippen LogP contribution >= 0.6 is 11.8 Å². The second-order valence-corrected chi connectivity index (χ2v) is 8.38. The molecule has 0 bridgehead atoms. The van der Waals surface area contributed by atoms with Gasteiger partial charge in [0, 0.05) is 19.7 Å². The number of methoxy groups -OCH3 is 1. The number of para-hydroxylation sites is 1. The van der Waals surface area contributed by atoms with E-state index in [-0.39, 0.29) is 23.3 Å².